The number of hydrogen-bond acceptors (Lipinski definition) is 3. The van der Waals surface area contributed by atoms with Gasteiger partial charge in [0, 0.05) is 6.42 Å². The molecule has 1 aromatic carbocycles. The first-order valence-corrected chi connectivity index (χ1v) is 9.27. The van der Waals surface area contributed by atoms with E-state index in [1.165, 1.54) is 6.42 Å². The molecule has 25 heavy (non-hydrogen) atoms. The number of carbonyl (C=O) groups is 1. The van der Waals surface area contributed by atoms with Gasteiger partial charge in [0.15, 0.2) is 0 Å². The lowest BCUT2D eigenvalue weighted by Crippen LogP contribution is -2.27. The highest BCUT2D eigenvalue weighted by Gasteiger charge is 2.16. The van der Waals surface area contributed by atoms with Gasteiger partial charge in [-0.3, -0.25) is 4.79 Å². The lowest BCUT2D eigenvalue weighted by molar-refractivity contribution is -0.122. The van der Waals surface area contributed by atoms with Crippen LogP contribution in [-0.4, -0.2) is 25.6 Å². The van der Waals surface area contributed by atoms with E-state index in [0.717, 1.165) is 43.9 Å². The van der Waals surface area contributed by atoms with Crippen molar-refractivity contribution < 1.29 is 9.53 Å². The molecule has 2 atom stereocenters. The summed E-state index contributed by atoms with van der Waals surface area (Å²) in [5, 5.41) is 6.44. The van der Waals surface area contributed by atoms with Crippen molar-refractivity contribution in [2.45, 2.75) is 52.5 Å². The molecule has 0 saturated carbocycles. The van der Waals surface area contributed by atoms with Crippen LogP contribution in [0.1, 0.15) is 58.1 Å². The number of nitrogens with one attached hydrogen (secondary N) is 2. The van der Waals surface area contributed by atoms with Crippen molar-refractivity contribution in [2.75, 3.05) is 19.7 Å². The largest absolute Gasteiger partial charge is 0.494 e. The Morgan fingerprint density at radius 2 is 2.00 bits per heavy atom. The van der Waals surface area contributed by atoms with Crippen LogP contribution < -0.4 is 15.4 Å². The third kappa shape index (κ3) is 8.10. The van der Waals surface area contributed by atoms with Gasteiger partial charge in [-0.05, 0) is 68.8 Å². The van der Waals surface area contributed by atoms with Crippen LogP contribution in [0.4, 0.5) is 0 Å². The van der Waals surface area contributed by atoms with Gasteiger partial charge in [0.05, 0.1) is 12.6 Å². The summed E-state index contributed by atoms with van der Waals surface area (Å²) in [6.07, 6.45) is 3.85. The van der Waals surface area contributed by atoms with Crippen molar-refractivity contribution in [3.8, 4) is 5.75 Å². The first-order valence-electron chi connectivity index (χ1n) is 9.27. The van der Waals surface area contributed by atoms with Crippen molar-refractivity contribution >= 4 is 18.3 Å². The molecule has 1 amide bonds. The molecule has 0 radical (unpaired) electrons. The maximum absolute atomic E-state index is 12.1. The number of amides is 1. The van der Waals surface area contributed by atoms with E-state index in [-0.39, 0.29) is 24.4 Å². The standard InChI is InChI=1S/C20H32N2O2.ClH/c1-15(2)11-13-24-19-7-5-18(6-8-19)16(3)22-20(23)9-4-17-10-12-21-14-17;/h5-8,15-17,21H,4,9-14H2,1-3H3,(H,22,23);1H. The van der Waals surface area contributed by atoms with E-state index in [9.17, 15) is 4.79 Å². The molecular weight excluding hydrogens is 336 g/mol. The highest BCUT2D eigenvalue weighted by Crippen LogP contribution is 2.19. The van der Waals surface area contributed by atoms with Crippen molar-refractivity contribution in [2.24, 2.45) is 11.8 Å². The molecule has 0 spiro atoms. The molecule has 1 aliphatic heterocycles. The average Bonchev–Trinajstić information content (AvgIpc) is 3.06. The molecule has 0 bridgehead atoms. The van der Waals surface area contributed by atoms with Gasteiger partial charge in [-0.25, -0.2) is 0 Å². The van der Waals surface area contributed by atoms with Crippen LogP contribution in [0.2, 0.25) is 0 Å². The molecule has 142 valence electrons. The zero-order chi connectivity index (χ0) is 17.4. The Morgan fingerprint density at radius 1 is 1.28 bits per heavy atom. The topological polar surface area (TPSA) is 50.4 Å². The summed E-state index contributed by atoms with van der Waals surface area (Å²) < 4.78 is 5.73. The summed E-state index contributed by atoms with van der Waals surface area (Å²) in [4.78, 5) is 12.1. The predicted octanol–water partition coefficient (Wildman–Crippen LogP) is 4.10. The predicted molar refractivity (Wildman–Crippen MR) is 105 cm³/mol. The molecule has 5 heteroatoms. The van der Waals surface area contributed by atoms with Gasteiger partial charge in [-0.2, -0.15) is 0 Å². The summed E-state index contributed by atoms with van der Waals surface area (Å²) in [7, 11) is 0. The second-order valence-electron chi connectivity index (χ2n) is 7.29. The number of carbonyl (C=O) groups excluding carboxylic acids is 1. The molecule has 1 saturated heterocycles. The maximum atomic E-state index is 12.1. The Labute approximate surface area is 158 Å². The third-order valence-electron chi connectivity index (χ3n) is 4.66. The minimum absolute atomic E-state index is 0. The third-order valence-corrected chi connectivity index (χ3v) is 4.66. The Bertz CT molecular complexity index is 499. The lowest BCUT2D eigenvalue weighted by atomic mass is 10.0. The quantitative estimate of drug-likeness (QED) is 0.689. The first kappa shape index (κ1) is 21.8. The van der Waals surface area contributed by atoms with Gasteiger partial charge in [0.25, 0.3) is 0 Å². The normalized spacial score (nSPS) is 17.8. The molecule has 4 nitrogen and oxygen atoms in total. The minimum atomic E-state index is 0. The zero-order valence-electron chi connectivity index (χ0n) is 15.7. The smallest absolute Gasteiger partial charge is 0.220 e. The van der Waals surface area contributed by atoms with Crippen LogP contribution in [-0.2, 0) is 4.79 Å². The first-order chi connectivity index (χ1) is 11.5. The van der Waals surface area contributed by atoms with E-state index in [0.29, 0.717) is 18.3 Å². The molecular formula is C20H33ClN2O2. The van der Waals surface area contributed by atoms with Crippen molar-refractivity contribution in [3.63, 3.8) is 0 Å². The van der Waals surface area contributed by atoms with Crippen molar-refractivity contribution in [1.29, 1.82) is 0 Å². The second-order valence-corrected chi connectivity index (χ2v) is 7.29. The average molecular weight is 369 g/mol. The Kier molecular flexibility index (Phi) is 9.91. The fourth-order valence-corrected chi connectivity index (χ4v) is 2.96. The monoisotopic (exact) mass is 368 g/mol. The molecule has 1 heterocycles. The highest BCUT2D eigenvalue weighted by molar-refractivity contribution is 5.85. The van der Waals surface area contributed by atoms with Crippen LogP contribution in [0.25, 0.3) is 0 Å². The Balaban J connectivity index is 0.00000312. The molecule has 2 unspecified atom stereocenters. The summed E-state index contributed by atoms with van der Waals surface area (Å²) in [6.45, 7) is 9.32. The van der Waals surface area contributed by atoms with Crippen LogP contribution in [0.15, 0.2) is 24.3 Å². The van der Waals surface area contributed by atoms with Crippen LogP contribution >= 0.6 is 12.4 Å². The molecule has 0 aromatic heterocycles. The molecule has 2 N–H and O–H groups in total. The van der Waals surface area contributed by atoms with E-state index in [1.807, 2.05) is 31.2 Å². The van der Waals surface area contributed by atoms with E-state index in [1.54, 1.807) is 0 Å². The summed E-state index contributed by atoms with van der Waals surface area (Å²) in [5.41, 5.74) is 1.11. The van der Waals surface area contributed by atoms with E-state index < -0.39 is 0 Å². The lowest BCUT2D eigenvalue weighted by Gasteiger charge is -2.16. The molecule has 1 aliphatic rings. The van der Waals surface area contributed by atoms with E-state index >= 15 is 0 Å². The molecule has 0 aliphatic carbocycles. The molecule has 1 aromatic rings. The molecule has 1 fully saturated rings. The van der Waals surface area contributed by atoms with Crippen molar-refractivity contribution in [1.82, 2.24) is 10.6 Å². The fourth-order valence-electron chi connectivity index (χ4n) is 2.96. The van der Waals surface area contributed by atoms with E-state index in [4.69, 9.17) is 4.74 Å². The Hall–Kier alpha value is -1.26. The van der Waals surface area contributed by atoms with Gasteiger partial charge in [-0.1, -0.05) is 26.0 Å². The van der Waals surface area contributed by atoms with Crippen LogP contribution in [0.5, 0.6) is 5.75 Å². The second kappa shape index (κ2) is 11.4. The SMILES string of the molecule is CC(C)CCOc1ccc(C(C)NC(=O)CCC2CCNC2)cc1.Cl. The Morgan fingerprint density at radius 3 is 2.60 bits per heavy atom. The maximum Gasteiger partial charge on any atom is 0.220 e. The minimum Gasteiger partial charge on any atom is -0.494 e. The summed E-state index contributed by atoms with van der Waals surface area (Å²) in [6, 6.07) is 8.09. The van der Waals surface area contributed by atoms with Crippen LogP contribution in [0.3, 0.4) is 0 Å². The molecule has 2 rings (SSSR count). The van der Waals surface area contributed by atoms with Gasteiger partial charge in [-0.15, -0.1) is 12.4 Å². The number of benzene rings is 1. The summed E-state index contributed by atoms with van der Waals surface area (Å²) in [5.74, 6) is 2.35. The van der Waals surface area contributed by atoms with E-state index in [2.05, 4.69) is 24.5 Å². The highest BCUT2D eigenvalue weighted by atomic mass is 35.5. The number of hydrogen-bond donors (Lipinski definition) is 2. The van der Waals surface area contributed by atoms with Gasteiger partial charge in [0.1, 0.15) is 5.75 Å². The number of rotatable bonds is 9. The van der Waals surface area contributed by atoms with Crippen molar-refractivity contribution in [3.05, 3.63) is 29.8 Å². The van der Waals surface area contributed by atoms with Crippen LogP contribution in [0, 0.1) is 11.8 Å². The summed E-state index contributed by atoms with van der Waals surface area (Å²) >= 11 is 0. The number of ether oxygens (including phenoxy) is 1. The van der Waals surface area contributed by atoms with Gasteiger partial charge < -0.3 is 15.4 Å². The number of halogens is 1. The fraction of sp³-hybridized carbons (Fsp3) is 0.650. The van der Waals surface area contributed by atoms with Gasteiger partial charge in [0.2, 0.25) is 5.91 Å². The van der Waals surface area contributed by atoms with Gasteiger partial charge >= 0.3 is 0 Å². The zero-order valence-corrected chi connectivity index (χ0v) is 16.5.